The number of hydrogen-bond acceptors (Lipinski definition) is 11. The molecule has 7 heterocycles. The highest BCUT2D eigenvalue weighted by atomic mass is 19.4. The Morgan fingerprint density at radius 3 is 2.08 bits per heavy atom. The summed E-state index contributed by atoms with van der Waals surface area (Å²) in [4.78, 5) is 83.8. The number of piperidine rings is 3. The van der Waals surface area contributed by atoms with E-state index in [1.165, 1.54) is 12.1 Å². The van der Waals surface area contributed by atoms with Crippen LogP contribution in [-0.4, -0.2) is 134 Å². The molecule has 2 aromatic carbocycles. The van der Waals surface area contributed by atoms with Crippen LogP contribution in [0.3, 0.4) is 0 Å². The van der Waals surface area contributed by atoms with Gasteiger partial charge in [0.05, 0.1) is 35.1 Å². The number of nitrogens with zero attached hydrogens (tertiary/aromatic N) is 8. The van der Waals surface area contributed by atoms with Crippen LogP contribution in [0.25, 0.3) is 4.85 Å². The van der Waals surface area contributed by atoms with Crippen molar-refractivity contribution in [3.63, 3.8) is 0 Å². The van der Waals surface area contributed by atoms with Crippen LogP contribution in [0.5, 0.6) is 0 Å². The summed E-state index contributed by atoms with van der Waals surface area (Å²) in [5.74, 6) is -1.38. The van der Waals surface area contributed by atoms with Crippen LogP contribution < -0.4 is 25.3 Å². The molecule has 342 valence electrons. The van der Waals surface area contributed by atoms with Crippen molar-refractivity contribution in [3.05, 3.63) is 82.8 Å². The second-order valence-electron chi connectivity index (χ2n) is 18.8. The minimum atomic E-state index is -4.62. The largest absolute Gasteiger partial charge is 0.407 e. The fourth-order valence-corrected chi connectivity index (χ4v) is 10.5. The smallest absolute Gasteiger partial charge is 0.372 e. The molecule has 9 rings (SSSR count). The number of benzene rings is 2. The SMILES string of the molecule is [C-]#[N+]c1ccc(N2CCC(C(=O)Nc3ccc(N4CC(C)(CN5CCN(CC6CCN(c7ccc8c(c7)C(=O)N(C7CCC(=O)NC7=O)C8=O)CC6)CC5)C4)cn3)CC2)cc1C(F)(F)F. The molecular weight excluding hydrogens is 842 g/mol. The molecule has 0 aliphatic carbocycles. The molecule has 18 heteroatoms. The van der Waals surface area contributed by atoms with Gasteiger partial charge >= 0.3 is 6.18 Å². The van der Waals surface area contributed by atoms with E-state index >= 15 is 0 Å². The number of halogens is 3. The Morgan fingerprint density at radius 2 is 1.43 bits per heavy atom. The van der Waals surface area contributed by atoms with Crippen molar-refractivity contribution in [2.24, 2.45) is 17.3 Å². The van der Waals surface area contributed by atoms with Gasteiger partial charge in [0.2, 0.25) is 17.7 Å². The van der Waals surface area contributed by atoms with E-state index in [1.807, 2.05) is 23.1 Å². The zero-order chi connectivity index (χ0) is 45.6. The first kappa shape index (κ1) is 44.2. The maximum absolute atomic E-state index is 13.5. The molecule has 0 saturated carbocycles. The van der Waals surface area contributed by atoms with Crippen molar-refractivity contribution in [1.82, 2.24) is 25.0 Å². The van der Waals surface area contributed by atoms with Crippen molar-refractivity contribution >= 4 is 58.1 Å². The normalized spacial score (nSPS) is 22.4. The number of aromatic nitrogens is 1. The van der Waals surface area contributed by atoms with Crippen LogP contribution in [0.1, 0.15) is 71.7 Å². The fraction of sp³-hybridized carbons (Fsp3) is 0.511. The summed E-state index contributed by atoms with van der Waals surface area (Å²) in [6, 6.07) is 11.9. The van der Waals surface area contributed by atoms with Gasteiger partial charge < -0.3 is 29.8 Å². The Morgan fingerprint density at radius 1 is 0.800 bits per heavy atom. The monoisotopic (exact) mass is 894 g/mol. The van der Waals surface area contributed by atoms with E-state index in [-0.39, 0.29) is 30.1 Å². The van der Waals surface area contributed by atoms with Crippen molar-refractivity contribution < 1.29 is 37.1 Å². The molecule has 0 bridgehead atoms. The number of nitrogens with one attached hydrogen (secondary N) is 2. The standard InChI is InChI=1S/C47H53F3N10O5/c1-46(28-59(29-46)34-5-9-40(52-25-34)53-42(62)31-13-17-58(18-14-31)33-4-7-38(51-2)37(24-33)47(48,49)50)27-56-21-19-55(20-22-56)26-30-11-15-57(16-12-30)32-3-6-35-36(23-32)45(65)60(44(35)64)39-8-10-41(61)54-43(39)63/h3-7,9,23-25,30-31,39H,8,10-22,26-29H2,1H3,(H,52,53,62)(H,54,61,63). The van der Waals surface area contributed by atoms with Crippen LogP contribution in [0, 0.1) is 23.8 Å². The first-order chi connectivity index (χ1) is 31.1. The number of alkyl halides is 3. The minimum absolute atomic E-state index is 0.0876. The number of anilines is 4. The van der Waals surface area contributed by atoms with Crippen LogP contribution in [0.2, 0.25) is 0 Å². The van der Waals surface area contributed by atoms with Gasteiger partial charge in [-0.25, -0.2) is 9.83 Å². The second-order valence-corrected chi connectivity index (χ2v) is 18.8. The maximum Gasteiger partial charge on any atom is 0.407 e. The van der Waals surface area contributed by atoms with Crippen LogP contribution in [-0.2, 0) is 20.6 Å². The van der Waals surface area contributed by atoms with Gasteiger partial charge in [-0.05, 0) is 80.5 Å². The molecule has 1 aromatic heterocycles. The maximum atomic E-state index is 13.5. The van der Waals surface area contributed by atoms with Crippen LogP contribution in [0.4, 0.5) is 41.7 Å². The van der Waals surface area contributed by atoms with Gasteiger partial charge in [-0.15, -0.1) is 0 Å². The molecule has 3 aromatic rings. The van der Waals surface area contributed by atoms with Gasteiger partial charge in [0, 0.05) is 108 Å². The average Bonchev–Trinajstić information content (AvgIpc) is 3.53. The summed E-state index contributed by atoms with van der Waals surface area (Å²) in [6.07, 6.45) is 0.441. The Hall–Kier alpha value is -6.06. The number of imide groups is 2. The molecule has 1 unspecified atom stereocenters. The van der Waals surface area contributed by atoms with Gasteiger partial charge in [-0.1, -0.05) is 13.0 Å². The first-order valence-corrected chi connectivity index (χ1v) is 22.6. The molecular formula is C47H53F3N10O5. The summed E-state index contributed by atoms with van der Waals surface area (Å²) >= 11 is 0. The molecule has 5 fully saturated rings. The molecule has 0 spiro atoms. The lowest BCUT2D eigenvalue weighted by atomic mass is 9.81. The third kappa shape index (κ3) is 9.26. The van der Waals surface area contributed by atoms with Crippen LogP contribution >= 0.6 is 0 Å². The molecule has 2 N–H and O–H groups in total. The number of hydrogen-bond donors (Lipinski definition) is 2. The summed E-state index contributed by atoms with van der Waals surface area (Å²) < 4.78 is 40.5. The van der Waals surface area contributed by atoms with Gasteiger partial charge in [0.1, 0.15) is 11.9 Å². The number of pyridine rings is 1. The highest BCUT2D eigenvalue weighted by Crippen LogP contribution is 2.40. The van der Waals surface area contributed by atoms with E-state index in [4.69, 9.17) is 6.57 Å². The molecule has 65 heavy (non-hydrogen) atoms. The third-order valence-electron chi connectivity index (χ3n) is 14.1. The summed E-state index contributed by atoms with van der Waals surface area (Å²) in [5.41, 5.74) is 1.69. The van der Waals surface area contributed by atoms with E-state index in [1.54, 1.807) is 18.3 Å². The molecule has 1 atom stereocenters. The lowest BCUT2D eigenvalue weighted by Gasteiger charge is -2.52. The highest BCUT2D eigenvalue weighted by molar-refractivity contribution is 6.23. The number of carbonyl (C=O) groups is 5. The van der Waals surface area contributed by atoms with E-state index in [0.717, 1.165) is 101 Å². The molecule has 5 saturated heterocycles. The first-order valence-electron chi connectivity index (χ1n) is 22.6. The molecule has 0 radical (unpaired) electrons. The number of carbonyl (C=O) groups excluding carboxylic acids is 5. The molecule has 6 aliphatic rings. The predicted octanol–water partition coefficient (Wildman–Crippen LogP) is 5.27. The Kier molecular flexibility index (Phi) is 12.0. The predicted molar refractivity (Wildman–Crippen MR) is 237 cm³/mol. The molecule has 6 aliphatic heterocycles. The van der Waals surface area contributed by atoms with E-state index < -0.39 is 47.1 Å². The van der Waals surface area contributed by atoms with Crippen molar-refractivity contribution in [1.29, 1.82) is 0 Å². The number of fused-ring (bicyclic) bond motifs is 1. The lowest BCUT2D eigenvalue weighted by Crippen LogP contribution is -2.61. The fourth-order valence-electron chi connectivity index (χ4n) is 10.5. The van der Waals surface area contributed by atoms with E-state index in [9.17, 15) is 37.1 Å². The van der Waals surface area contributed by atoms with Gasteiger partial charge in [-0.3, -0.25) is 34.2 Å². The Labute approximate surface area is 375 Å². The molecule has 15 nitrogen and oxygen atoms in total. The highest BCUT2D eigenvalue weighted by Gasteiger charge is 2.45. The van der Waals surface area contributed by atoms with Gasteiger partial charge in [0.25, 0.3) is 11.8 Å². The van der Waals surface area contributed by atoms with Crippen molar-refractivity contribution in [2.45, 2.75) is 57.7 Å². The quantitative estimate of drug-likeness (QED) is 0.203. The summed E-state index contributed by atoms with van der Waals surface area (Å²) in [6.45, 7) is 20.0. The number of amides is 5. The van der Waals surface area contributed by atoms with E-state index in [0.29, 0.717) is 54.5 Å². The lowest BCUT2D eigenvalue weighted by molar-refractivity contribution is -0.137. The number of rotatable bonds is 10. The number of piperazine rings is 1. The van der Waals surface area contributed by atoms with Gasteiger partial charge in [0.15, 0.2) is 5.69 Å². The Balaban J connectivity index is 0.674. The summed E-state index contributed by atoms with van der Waals surface area (Å²) in [7, 11) is 0. The zero-order valence-electron chi connectivity index (χ0n) is 36.4. The minimum Gasteiger partial charge on any atom is -0.372 e. The van der Waals surface area contributed by atoms with Crippen molar-refractivity contribution in [3.8, 4) is 0 Å². The van der Waals surface area contributed by atoms with Crippen LogP contribution in [0.15, 0.2) is 54.7 Å². The average molecular weight is 895 g/mol. The van der Waals surface area contributed by atoms with Gasteiger partial charge in [-0.2, -0.15) is 13.2 Å². The van der Waals surface area contributed by atoms with E-state index in [2.05, 4.69) is 47.0 Å². The third-order valence-corrected chi connectivity index (χ3v) is 14.1. The summed E-state index contributed by atoms with van der Waals surface area (Å²) in [5, 5.41) is 5.17. The zero-order valence-corrected chi connectivity index (χ0v) is 36.4. The second kappa shape index (κ2) is 17.7. The molecule has 5 amide bonds. The topological polar surface area (TPSA) is 146 Å². The Bertz CT molecular complexity index is 2390. The van der Waals surface area contributed by atoms with Crippen molar-refractivity contribution in [2.75, 3.05) is 98.6 Å².